The van der Waals surface area contributed by atoms with Crippen molar-refractivity contribution in [3.8, 4) is 0 Å². The molecule has 3 N–H and O–H groups in total. The molecule has 3 nitrogen and oxygen atoms in total. The maximum atomic E-state index is 9.03. The minimum atomic E-state index is 0.208. The van der Waals surface area contributed by atoms with E-state index in [-0.39, 0.29) is 6.61 Å². The summed E-state index contributed by atoms with van der Waals surface area (Å²) in [5.74, 6) is 0. The van der Waals surface area contributed by atoms with Crippen LogP contribution in [0.1, 0.15) is 18.4 Å². The zero-order chi connectivity index (χ0) is 10.8. The molecule has 0 unspecified atom stereocenters. The number of hydrogen-bond donors (Lipinski definition) is 2. The molecule has 2 rings (SSSR count). The van der Waals surface area contributed by atoms with Gasteiger partial charge in [-0.2, -0.15) is 0 Å². The predicted octanol–water partition coefficient (Wildman–Crippen LogP) is 1.54. The highest BCUT2D eigenvalue weighted by Gasteiger charge is 2.28. The molecule has 82 valence electrons. The van der Waals surface area contributed by atoms with E-state index in [0.29, 0.717) is 12.6 Å². The van der Waals surface area contributed by atoms with Gasteiger partial charge in [-0.3, -0.25) is 0 Å². The lowest BCUT2D eigenvalue weighted by molar-refractivity contribution is 0.301. The van der Waals surface area contributed by atoms with Crippen molar-refractivity contribution in [1.29, 1.82) is 0 Å². The minimum Gasteiger partial charge on any atom is -0.399 e. The van der Waals surface area contributed by atoms with Crippen LogP contribution in [0.3, 0.4) is 0 Å². The molecule has 0 aromatic heterocycles. The van der Waals surface area contributed by atoms with E-state index in [2.05, 4.69) is 11.0 Å². The summed E-state index contributed by atoms with van der Waals surface area (Å²) < 4.78 is 0. The lowest BCUT2D eigenvalue weighted by atomic mass is 10.1. The number of aliphatic hydroxyl groups is 1. The maximum Gasteiger partial charge on any atom is 0.0606 e. The van der Waals surface area contributed by atoms with Gasteiger partial charge in [0.2, 0.25) is 0 Å². The van der Waals surface area contributed by atoms with Gasteiger partial charge in [-0.25, -0.2) is 0 Å². The number of aliphatic hydroxyl groups excluding tert-OH is 1. The SMILES string of the molecule is Cc1cc(N(CCO)C2CC2)ccc1N. The molecule has 1 aromatic carbocycles. The van der Waals surface area contributed by atoms with Crippen LogP contribution in [-0.2, 0) is 0 Å². The van der Waals surface area contributed by atoms with Gasteiger partial charge in [0.1, 0.15) is 0 Å². The number of aryl methyl sites for hydroxylation is 1. The van der Waals surface area contributed by atoms with Crippen LogP contribution < -0.4 is 10.6 Å². The third kappa shape index (κ3) is 2.23. The molecule has 0 aliphatic heterocycles. The molecule has 1 aliphatic rings. The van der Waals surface area contributed by atoms with Crippen molar-refractivity contribution in [1.82, 2.24) is 0 Å². The fourth-order valence-corrected chi connectivity index (χ4v) is 1.85. The van der Waals surface area contributed by atoms with Crippen molar-refractivity contribution in [2.24, 2.45) is 0 Å². The average molecular weight is 206 g/mol. The van der Waals surface area contributed by atoms with E-state index in [4.69, 9.17) is 10.8 Å². The molecule has 0 heterocycles. The van der Waals surface area contributed by atoms with Crippen molar-refractivity contribution in [2.45, 2.75) is 25.8 Å². The summed E-state index contributed by atoms with van der Waals surface area (Å²) in [6, 6.07) is 6.71. The van der Waals surface area contributed by atoms with Crippen molar-refractivity contribution in [3.05, 3.63) is 23.8 Å². The van der Waals surface area contributed by atoms with E-state index in [0.717, 1.165) is 11.3 Å². The van der Waals surface area contributed by atoms with E-state index in [1.165, 1.54) is 18.5 Å². The Balaban J connectivity index is 2.21. The Morgan fingerprint density at radius 2 is 2.20 bits per heavy atom. The molecule has 1 saturated carbocycles. The Kier molecular flexibility index (Phi) is 2.82. The predicted molar refractivity (Wildman–Crippen MR) is 63.0 cm³/mol. The quantitative estimate of drug-likeness (QED) is 0.735. The lowest BCUT2D eigenvalue weighted by Gasteiger charge is -2.24. The molecule has 0 radical (unpaired) electrons. The first-order chi connectivity index (χ1) is 7.22. The largest absolute Gasteiger partial charge is 0.399 e. The summed E-state index contributed by atoms with van der Waals surface area (Å²) in [4.78, 5) is 2.27. The van der Waals surface area contributed by atoms with E-state index < -0.39 is 0 Å². The Hall–Kier alpha value is -1.22. The maximum absolute atomic E-state index is 9.03. The molecule has 0 saturated heterocycles. The number of nitrogens with zero attached hydrogens (tertiary/aromatic N) is 1. The molecule has 1 aromatic rings. The van der Waals surface area contributed by atoms with Gasteiger partial charge in [-0.05, 0) is 43.5 Å². The van der Waals surface area contributed by atoms with Gasteiger partial charge in [0.05, 0.1) is 6.61 Å². The third-order valence-electron chi connectivity index (χ3n) is 2.91. The van der Waals surface area contributed by atoms with Crippen LogP contribution in [0, 0.1) is 6.92 Å². The standard InChI is InChI=1S/C12H18N2O/c1-9-8-11(4-5-12(9)13)14(6-7-15)10-2-3-10/h4-5,8,10,15H,2-3,6-7,13H2,1H3. The molecular formula is C12H18N2O. The van der Waals surface area contributed by atoms with Gasteiger partial charge >= 0.3 is 0 Å². The normalized spacial score (nSPS) is 15.3. The summed E-state index contributed by atoms with van der Waals surface area (Å²) >= 11 is 0. The highest BCUT2D eigenvalue weighted by molar-refractivity contribution is 5.59. The highest BCUT2D eigenvalue weighted by Crippen LogP contribution is 2.32. The van der Waals surface area contributed by atoms with Gasteiger partial charge in [-0.1, -0.05) is 0 Å². The second-order valence-electron chi connectivity index (χ2n) is 4.19. The Labute approximate surface area is 90.5 Å². The van der Waals surface area contributed by atoms with Crippen molar-refractivity contribution < 1.29 is 5.11 Å². The number of nitrogen functional groups attached to an aromatic ring is 1. The number of hydrogen-bond acceptors (Lipinski definition) is 3. The van der Waals surface area contributed by atoms with Crippen LogP contribution in [0.25, 0.3) is 0 Å². The second kappa shape index (κ2) is 4.11. The molecule has 0 amide bonds. The average Bonchev–Trinajstić information content (AvgIpc) is 3.02. The van der Waals surface area contributed by atoms with Crippen LogP contribution >= 0.6 is 0 Å². The fraction of sp³-hybridized carbons (Fsp3) is 0.500. The van der Waals surface area contributed by atoms with Gasteiger partial charge in [0, 0.05) is 24.0 Å². The lowest BCUT2D eigenvalue weighted by Crippen LogP contribution is -2.28. The number of anilines is 2. The first kappa shape index (κ1) is 10.3. The van der Waals surface area contributed by atoms with Crippen molar-refractivity contribution >= 4 is 11.4 Å². The van der Waals surface area contributed by atoms with Crippen molar-refractivity contribution in [2.75, 3.05) is 23.8 Å². The van der Waals surface area contributed by atoms with Crippen LogP contribution in [-0.4, -0.2) is 24.3 Å². The van der Waals surface area contributed by atoms with Crippen LogP contribution in [0.2, 0.25) is 0 Å². The van der Waals surface area contributed by atoms with Gasteiger partial charge in [0.25, 0.3) is 0 Å². The van der Waals surface area contributed by atoms with Crippen LogP contribution in [0.4, 0.5) is 11.4 Å². The number of benzene rings is 1. The minimum absolute atomic E-state index is 0.208. The molecule has 15 heavy (non-hydrogen) atoms. The first-order valence-corrected chi connectivity index (χ1v) is 5.46. The van der Waals surface area contributed by atoms with E-state index in [9.17, 15) is 0 Å². The monoisotopic (exact) mass is 206 g/mol. The molecule has 1 aliphatic carbocycles. The van der Waals surface area contributed by atoms with Gasteiger partial charge < -0.3 is 15.7 Å². The Bertz CT molecular complexity index is 347. The summed E-state index contributed by atoms with van der Waals surface area (Å²) in [5.41, 5.74) is 8.91. The zero-order valence-electron chi connectivity index (χ0n) is 9.11. The van der Waals surface area contributed by atoms with Gasteiger partial charge in [-0.15, -0.1) is 0 Å². The summed E-state index contributed by atoms with van der Waals surface area (Å²) in [6.07, 6.45) is 2.48. The molecule has 0 bridgehead atoms. The summed E-state index contributed by atoms with van der Waals surface area (Å²) in [7, 11) is 0. The first-order valence-electron chi connectivity index (χ1n) is 5.46. The molecule has 1 fully saturated rings. The fourth-order valence-electron chi connectivity index (χ4n) is 1.85. The summed E-state index contributed by atoms with van der Waals surface area (Å²) in [5, 5.41) is 9.03. The number of rotatable bonds is 4. The third-order valence-corrected chi connectivity index (χ3v) is 2.91. The Morgan fingerprint density at radius 1 is 1.47 bits per heavy atom. The van der Waals surface area contributed by atoms with Gasteiger partial charge in [0.15, 0.2) is 0 Å². The second-order valence-corrected chi connectivity index (χ2v) is 4.19. The van der Waals surface area contributed by atoms with E-state index in [1.54, 1.807) is 0 Å². The topological polar surface area (TPSA) is 49.5 Å². The summed E-state index contributed by atoms with van der Waals surface area (Å²) in [6.45, 7) is 2.94. The van der Waals surface area contributed by atoms with E-state index in [1.807, 2.05) is 19.1 Å². The highest BCUT2D eigenvalue weighted by atomic mass is 16.3. The van der Waals surface area contributed by atoms with Crippen LogP contribution in [0.5, 0.6) is 0 Å². The molecular weight excluding hydrogens is 188 g/mol. The molecule has 3 heteroatoms. The Morgan fingerprint density at radius 3 is 2.73 bits per heavy atom. The zero-order valence-corrected chi connectivity index (χ0v) is 9.11. The van der Waals surface area contributed by atoms with Crippen molar-refractivity contribution in [3.63, 3.8) is 0 Å². The van der Waals surface area contributed by atoms with Crippen LogP contribution in [0.15, 0.2) is 18.2 Å². The smallest absolute Gasteiger partial charge is 0.0606 e. The number of nitrogens with two attached hydrogens (primary N) is 1. The molecule has 0 atom stereocenters. The van der Waals surface area contributed by atoms with E-state index >= 15 is 0 Å². The molecule has 0 spiro atoms.